The Kier molecular flexibility index (Phi) is 12.5. The number of nitrogens with zero attached hydrogens (tertiary/aromatic N) is 3. The van der Waals surface area contributed by atoms with Crippen molar-refractivity contribution in [3.8, 4) is 0 Å². The van der Waals surface area contributed by atoms with Crippen LogP contribution >= 0.6 is 0 Å². The van der Waals surface area contributed by atoms with E-state index in [0.29, 0.717) is 65.8 Å². The maximum atomic E-state index is 12.4. The van der Waals surface area contributed by atoms with E-state index in [-0.39, 0.29) is 50.8 Å². The fraction of sp³-hybridized carbons (Fsp3) is 0.133. The summed E-state index contributed by atoms with van der Waals surface area (Å²) in [6.45, 7) is 4.54. The first kappa shape index (κ1) is 43.1. The minimum absolute atomic E-state index is 0. The van der Waals surface area contributed by atoms with E-state index in [9.17, 15) is 44.1 Å². The number of rotatable bonds is 6. The third kappa shape index (κ3) is 8.62. The summed E-state index contributed by atoms with van der Waals surface area (Å²) in [5.74, 6) is -5.92. The molecule has 16 heteroatoms. The van der Waals surface area contributed by atoms with Crippen molar-refractivity contribution in [1.29, 1.82) is 0 Å². The van der Waals surface area contributed by atoms with Crippen molar-refractivity contribution in [3.05, 3.63) is 157 Å². The molecule has 0 bridgehead atoms. The van der Waals surface area contributed by atoms with Crippen molar-refractivity contribution in [2.75, 3.05) is 0 Å². The Hall–Kier alpha value is -7.54. The molecule has 0 fully saturated rings. The molecule has 3 aromatic carbocycles. The Bertz CT molecular complexity index is 3010. The maximum Gasteiger partial charge on any atom is 3.00 e. The van der Waals surface area contributed by atoms with Gasteiger partial charge in [0.1, 0.15) is 16.7 Å². The molecule has 0 aliphatic carbocycles. The molecule has 3 atom stereocenters. The molecule has 9 rings (SSSR count). The third-order valence-electron chi connectivity index (χ3n) is 9.97. The first-order valence-corrected chi connectivity index (χ1v) is 18.3. The van der Waals surface area contributed by atoms with E-state index in [1.807, 2.05) is 0 Å². The molecule has 6 aromatic heterocycles. The summed E-state index contributed by atoms with van der Waals surface area (Å²) in [6.07, 6.45) is 4.64. The second-order valence-electron chi connectivity index (χ2n) is 13.8. The van der Waals surface area contributed by atoms with Gasteiger partial charge in [0.25, 0.3) is 0 Å². The van der Waals surface area contributed by atoms with Gasteiger partial charge in [-0.1, -0.05) is 39.0 Å². The Morgan fingerprint density at radius 3 is 0.951 bits per heavy atom. The molecular formula is C45H30AlN3O12. The van der Waals surface area contributed by atoms with Gasteiger partial charge in [-0.25, -0.2) is 15.0 Å². The van der Waals surface area contributed by atoms with Crippen LogP contribution in [-0.4, -0.2) is 50.2 Å². The van der Waals surface area contributed by atoms with Gasteiger partial charge in [-0.05, 0) is 89.5 Å². The second-order valence-corrected chi connectivity index (χ2v) is 13.8. The van der Waals surface area contributed by atoms with Crippen LogP contribution in [0.1, 0.15) is 55.2 Å². The molecule has 0 aliphatic rings. The van der Waals surface area contributed by atoms with E-state index >= 15 is 0 Å². The molecular weight excluding hydrogens is 801 g/mol. The summed E-state index contributed by atoms with van der Waals surface area (Å²) < 4.78 is 16.6. The van der Waals surface area contributed by atoms with E-state index in [2.05, 4.69) is 15.0 Å². The summed E-state index contributed by atoms with van der Waals surface area (Å²) >= 11 is 0. The molecule has 15 nitrogen and oxygen atoms in total. The number of hydrogen-bond acceptors (Lipinski definition) is 15. The van der Waals surface area contributed by atoms with Gasteiger partial charge in [0.05, 0.1) is 32.3 Å². The zero-order valence-corrected chi connectivity index (χ0v) is 33.6. The number of carbonyl (C=O) groups excluding carboxylic acids is 3. The quantitative estimate of drug-likeness (QED) is 0.172. The minimum Gasteiger partial charge on any atom is -0.550 e. The number of pyridine rings is 3. The summed E-state index contributed by atoms with van der Waals surface area (Å²) in [5.41, 5.74) is 2.82. The molecule has 61 heavy (non-hydrogen) atoms. The van der Waals surface area contributed by atoms with Gasteiger partial charge in [0.15, 0.2) is 0 Å². The molecule has 0 spiro atoms. The number of hydrogen-bond donors (Lipinski definition) is 0. The molecule has 3 unspecified atom stereocenters. The van der Waals surface area contributed by atoms with Gasteiger partial charge in [-0.3, -0.25) is 14.4 Å². The van der Waals surface area contributed by atoms with Crippen LogP contribution < -0.4 is 31.6 Å². The molecule has 0 saturated carbocycles. The van der Waals surface area contributed by atoms with Crippen LogP contribution in [0.2, 0.25) is 0 Å². The van der Waals surface area contributed by atoms with E-state index in [1.165, 1.54) is 39.0 Å². The van der Waals surface area contributed by atoms with E-state index in [1.54, 1.807) is 91.4 Å². The Morgan fingerprint density at radius 2 is 0.705 bits per heavy atom. The van der Waals surface area contributed by atoms with E-state index < -0.39 is 35.7 Å². The molecule has 0 radical (unpaired) electrons. The summed E-state index contributed by atoms with van der Waals surface area (Å²) in [6, 6.07) is 24.0. The molecule has 0 aliphatic heterocycles. The normalized spacial score (nSPS) is 12.4. The minimum atomic E-state index is -1.18. The number of aliphatic carboxylic acids is 3. The summed E-state index contributed by atoms with van der Waals surface area (Å²) in [7, 11) is 0. The zero-order valence-electron chi connectivity index (χ0n) is 32.4. The second kappa shape index (κ2) is 17.8. The molecule has 6 heterocycles. The Morgan fingerprint density at radius 1 is 0.443 bits per heavy atom. The van der Waals surface area contributed by atoms with Crippen molar-refractivity contribution in [1.82, 2.24) is 15.0 Å². The number of fused-ring (bicyclic) bond motifs is 6. The van der Waals surface area contributed by atoms with Crippen LogP contribution in [0, 0.1) is 0 Å². The molecule has 9 aromatic rings. The van der Waals surface area contributed by atoms with Crippen molar-refractivity contribution in [2.45, 2.75) is 38.5 Å². The monoisotopic (exact) mass is 831 g/mol. The van der Waals surface area contributed by atoms with Gasteiger partial charge >= 0.3 is 17.4 Å². The molecule has 0 saturated heterocycles. The van der Waals surface area contributed by atoms with Gasteiger partial charge in [0.2, 0.25) is 33.4 Å². The predicted molar refractivity (Wildman–Crippen MR) is 219 cm³/mol. The van der Waals surface area contributed by atoms with Gasteiger partial charge < -0.3 is 43.0 Å². The fourth-order valence-electron chi connectivity index (χ4n) is 6.34. The fourth-order valence-corrected chi connectivity index (χ4v) is 6.34. The Labute approximate surface area is 353 Å². The van der Waals surface area contributed by atoms with Crippen LogP contribution in [0.5, 0.6) is 0 Å². The first-order valence-electron chi connectivity index (χ1n) is 18.3. The summed E-state index contributed by atoms with van der Waals surface area (Å²) in [4.78, 5) is 81.9. The summed E-state index contributed by atoms with van der Waals surface area (Å²) in [5, 5.41) is 34.9. The SMILES string of the molecule is CC(C(=O)[O-])c1ccc2oc3ncccc3c(=O)c2c1.CC(C(=O)[O-])c1ccc2oc3ncccc3c(=O)c2c1.CC(C(=O)[O-])c1ccc2oc3ncccc3c(=O)c2c1.[Al+3]. The smallest absolute Gasteiger partial charge is 0.550 e. The van der Waals surface area contributed by atoms with Crippen molar-refractivity contribution < 1.29 is 43.0 Å². The third-order valence-corrected chi connectivity index (χ3v) is 9.97. The maximum absolute atomic E-state index is 12.4. The van der Waals surface area contributed by atoms with Gasteiger partial charge in [-0.15, -0.1) is 0 Å². The number of carboxylic acid groups (broad SMARTS) is 3. The average molecular weight is 832 g/mol. The van der Waals surface area contributed by atoms with Crippen molar-refractivity contribution in [2.24, 2.45) is 0 Å². The topological polar surface area (TPSA) is 250 Å². The molecule has 300 valence electrons. The number of carbonyl (C=O) groups is 3. The number of aromatic nitrogens is 3. The standard InChI is InChI=1S/3C15H11NO4.Al/c3*1-8(15(18)19)9-4-5-12-11(7-9)13(17)10-3-2-6-16-14(10)20-12;/h3*2-8H,1H3,(H,18,19);/q;;;+3/p-3. The van der Waals surface area contributed by atoms with Crippen molar-refractivity contribution in [3.63, 3.8) is 0 Å². The zero-order chi connectivity index (χ0) is 42.8. The van der Waals surface area contributed by atoms with Crippen LogP contribution in [0.4, 0.5) is 0 Å². The average Bonchev–Trinajstić information content (AvgIpc) is 3.26. The van der Waals surface area contributed by atoms with Gasteiger partial charge in [-0.2, -0.15) is 0 Å². The van der Waals surface area contributed by atoms with Crippen molar-refractivity contribution >= 4 is 101 Å². The first-order chi connectivity index (χ1) is 28.7. The van der Waals surface area contributed by atoms with Crippen LogP contribution in [0.3, 0.4) is 0 Å². The van der Waals surface area contributed by atoms with E-state index in [0.717, 1.165) is 0 Å². The van der Waals surface area contributed by atoms with Crippen LogP contribution in [0.25, 0.3) is 66.2 Å². The molecule has 0 amide bonds. The number of benzene rings is 3. The predicted octanol–water partition coefficient (Wildman–Crippen LogP) is 3.20. The van der Waals surface area contributed by atoms with E-state index in [4.69, 9.17) is 13.3 Å². The van der Waals surface area contributed by atoms with Crippen LogP contribution in [-0.2, 0) is 14.4 Å². The Balaban J connectivity index is 0.000000152. The number of carboxylic acids is 3. The molecule has 0 N–H and O–H groups in total. The largest absolute Gasteiger partial charge is 3.00 e. The van der Waals surface area contributed by atoms with Crippen LogP contribution in [0.15, 0.2) is 137 Å². The van der Waals surface area contributed by atoms with Gasteiger partial charge in [0, 0.05) is 54.3 Å².